The molecule has 1 aliphatic heterocycles. The van der Waals surface area contributed by atoms with Gasteiger partial charge < -0.3 is 15.2 Å². The zero-order chi connectivity index (χ0) is 14.3. The third-order valence-corrected chi connectivity index (χ3v) is 3.53. The summed E-state index contributed by atoms with van der Waals surface area (Å²) in [6.45, 7) is 2.33. The van der Waals surface area contributed by atoms with E-state index in [1.54, 1.807) is 18.7 Å². The summed E-state index contributed by atoms with van der Waals surface area (Å²) in [5.74, 6) is 0.425. The molecule has 2 heterocycles. The average Bonchev–Trinajstić information content (AvgIpc) is 2.94. The second-order valence-electron chi connectivity index (χ2n) is 4.77. The Bertz CT molecular complexity index is 661. The third-order valence-electron chi connectivity index (χ3n) is 3.53. The summed E-state index contributed by atoms with van der Waals surface area (Å²) in [5, 5.41) is 16.7. The van der Waals surface area contributed by atoms with Crippen molar-refractivity contribution < 1.29 is 14.6 Å². The lowest BCUT2D eigenvalue weighted by Crippen LogP contribution is -2.09. The molecule has 0 amide bonds. The van der Waals surface area contributed by atoms with Crippen LogP contribution in [-0.4, -0.2) is 28.0 Å². The molecule has 104 valence electrons. The minimum atomic E-state index is -0.952. The van der Waals surface area contributed by atoms with Crippen LogP contribution in [-0.2, 0) is 6.54 Å². The quantitative estimate of drug-likeness (QED) is 0.895. The SMILES string of the molecule is COc1ccc([C@@H]2Cn3nc(C)c(C(=O)O)c3N2)cc1. The number of benzene rings is 1. The predicted octanol–water partition coefficient (Wildman–Crippen LogP) is 2.07. The van der Waals surface area contributed by atoms with Crippen molar-refractivity contribution in [1.82, 2.24) is 9.78 Å². The van der Waals surface area contributed by atoms with Crippen molar-refractivity contribution in [2.75, 3.05) is 12.4 Å². The lowest BCUT2D eigenvalue weighted by Gasteiger charge is -2.12. The van der Waals surface area contributed by atoms with Gasteiger partial charge in [0.2, 0.25) is 0 Å². The summed E-state index contributed by atoms with van der Waals surface area (Å²) in [6.07, 6.45) is 0. The Kier molecular flexibility index (Phi) is 2.85. The van der Waals surface area contributed by atoms with E-state index >= 15 is 0 Å². The van der Waals surface area contributed by atoms with Crippen LogP contribution in [0, 0.1) is 6.92 Å². The number of hydrogen-bond acceptors (Lipinski definition) is 4. The number of aromatic nitrogens is 2. The highest BCUT2D eigenvalue weighted by atomic mass is 16.5. The maximum absolute atomic E-state index is 11.3. The Balaban J connectivity index is 1.88. The van der Waals surface area contributed by atoms with Crippen LogP contribution in [0.15, 0.2) is 24.3 Å². The molecule has 3 rings (SSSR count). The smallest absolute Gasteiger partial charge is 0.341 e. The molecule has 0 aliphatic carbocycles. The molecule has 1 atom stereocenters. The van der Waals surface area contributed by atoms with Crippen molar-refractivity contribution in [2.45, 2.75) is 19.5 Å². The van der Waals surface area contributed by atoms with Gasteiger partial charge in [-0.15, -0.1) is 0 Å². The molecule has 6 nitrogen and oxygen atoms in total. The zero-order valence-electron chi connectivity index (χ0n) is 11.3. The van der Waals surface area contributed by atoms with Crippen LogP contribution in [0.3, 0.4) is 0 Å². The number of aryl methyl sites for hydroxylation is 1. The number of anilines is 1. The molecule has 0 spiro atoms. The van der Waals surface area contributed by atoms with Gasteiger partial charge in [0.1, 0.15) is 17.1 Å². The monoisotopic (exact) mass is 273 g/mol. The number of carboxylic acids is 1. The van der Waals surface area contributed by atoms with E-state index in [9.17, 15) is 9.90 Å². The molecule has 0 fully saturated rings. The second kappa shape index (κ2) is 4.56. The molecule has 0 radical (unpaired) electrons. The molecule has 2 aromatic rings. The van der Waals surface area contributed by atoms with Crippen molar-refractivity contribution in [3.8, 4) is 5.75 Å². The number of aromatic carboxylic acids is 1. The topological polar surface area (TPSA) is 76.4 Å². The third kappa shape index (κ3) is 1.89. The van der Waals surface area contributed by atoms with E-state index in [-0.39, 0.29) is 11.6 Å². The Hall–Kier alpha value is -2.50. The summed E-state index contributed by atoms with van der Waals surface area (Å²) < 4.78 is 6.85. The number of nitrogens with zero attached hydrogens (tertiary/aromatic N) is 2. The molecule has 0 bridgehead atoms. The number of hydrogen-bond donors (Lipinski definition) is 2. The minimum Gasteiger partial charge on any atom is -0.497 e. The van der Waals surface area contributed by atoms with E-state index in [2.05, 4.69) is 10.4 Å². The fraction of sp³-hybridized carbons (Fsp3) is 0.286. The molecule has 20 heavy (non-hydrogen) atoms. The van der Waals surface area contributed by atoms with Gasteiger partial charge >= 0.3 is 5.97 Å². The van der Waals surface area contributed by atoms with Crippen LogP contribution in [0.4, 0.5) is 5.82 Å². The minimum absolute atomic E-state index is 0.0297. The van der Waals surface area contributed by atoms with Crippen LogP contribution in [0.5, 0.6) is 5.75 Å². The normalized spacial score (nSPS) is 16.6. The zero-order valence-corrected chi connectivity index (χ0v) is 11.3. The Morgan fingerprint density at radius 1 is 1.45 bits per heavy atom. The molecule has 0 unspecified atom stereocenters. The van der Waals surface area contributed by atoms with Gasteiger partial charge in [0.05, 0.1) is 25.4 Å². The first-order valence-electron chi connectivity index (χ1n) is 6.31. The van der Waals surface area contributed by atoms with Crippen molar-refractivity contribution in [1.29, 1.82) is 0 Å². The molecule has 0 saturated carbocycles. The van der Waals surface area contributed by atoms with Crippen molar-refractivity contribution >= 4 is 11.8 Å². The molecular weight excluding hydrogens is 258 g/mol. The standard InChI is InChI=1S/C14H15N3O3/c1-8-12(14(18)19)13-15-11(7-17(13)16-8)9-3-5-10(20-2)6-4-9/h3-6,11,15H,7H2,1-2H3,(H,18,19)/t11-/m0/s1. The lowest BCUT2D eigenvalue weighted by atomic mass is 10.1. The van der Waals surface area contributed by atoms with Crippen LogP contribution >= 0.6 is 0 Å². The molecule has 1 aliphatic rings. The number of nitrogens with one attached hydrogen (secondary N) is 1. The highest BCUT2D eigenvalue weighted by molar-refractivity contribution is 5.95. The van der Waals surface area contributed by atoms with Gasteiger partial charge in [0.15, 0.2) is 0 Å². The summed E-state index contributed by atoms with van der Waals surface area (Å²) >= 11 is 0. The van der Waals surface area contributed by atoms with Crippen LogP contribution in [0.2, 0.25) is 0 Å². The number of fused-ring (bicyclic) bond motifs is 1. The summed E-state index contributed by atoms with van der Waals surface area (Å²) in [6, 6.07) is 7.75. The Morgan fingerprint density at radius 3 is 2.75 bits per heavy atom. The molecule has 6 heteroatoms. The van der Waals surface area contributed by atoms with Crippen molar-refractivity contribution in [3.05, 3.63) is 41.1 Å². The number of ether oxygens (including phenoxy) is 1. The Morgan fingerprint density at radius 2 is 2.15 bits per heavy atom. The number of carboxylic acid groups (broad SMARTS) is 1. The number of rotatable bonds is 3. The largest absolute Gasteiger partial charge is 0.497 e. The maximum atomic E-state index is 11.3. The molecule has 2 N–H and O–H groups in total. The van der Waals surface area contributed by atoms with E-state index in [1.165, 1.54) is 0 Å². The van der Waals surface area contributed by atoms with Gasteiger partial charge in [-0.25, -0.2) is 9.48 Å². The van der Waals surface area contributed by atoms with Gasteiger partial charge in [-0.3, -0.25) is 0 Å². The van der Waals surface area contributed by atoms with E-state index < -0.39 is 5.97 Å². The van der Waals surface area contributed by atoms with Gasteiger partial charge in [0.25, 0.3) is 0 Å². The summed E-state index contributed by atoms with van der Waals surface area (Å²) in [7, 11) is 1.63. The summed E-state index contributed by atoms with van der Waals surface area (Å²) in [4.78, 5) is 11.3. The van der Waals surface area contributed by atoms with E-state index in [0.29, 0.717) is 18.1 Å². The first kappa shape index (κ1) is 12.5. The molecule has 1 aromatic heterocycles. The van der Waals surface area contributed by atoms with E-state index in [4.69, 9.17) is 4.74 Å². The van der Waals surface area contributed by atoms with Gasteiger partial charge in [-0.2, -0.15) is 5.10 Å². The molecular formula is C14H15N3O3. The van der Waals surface area contributed by atoms with Gasteiger partial charge in [0, 0.05) is 0 Å². The number of carbonyl (C=O) groups is 1. The fourth-order valence-electron chi connectivity index (χ4n) is 2.52. The van der Waals surface area contributed by atoms with Crippen molar-refractivity contribution in [3.63, 3.8) is 0 Å². The average molecular weight is 273 g/mol. The maximum Gasteiger partial charge on any atom is 0.341 e. The highest BCUT2D eigenvalue weighted by Gasteiger charge is 2.30. The highest BCUT2D eigenvalue weighted by Crippen LogP contribution is 2.33. The fourth-order valence-corrected chi connectivity index (χ4v) is 2.52. The van der Waals surface area contributed by atoms with E-state index in [1.807, 2.05) is 24.3 Å². The predicted molar refractivity (Wildman–Crippen MR) is 73.3 cm³/mol. The Labute approximate surface area is 116 Å². The van der Waals surface area contributed by atoms with Crippen molar-refractivity contribution in [2.24, 2.45) is 0 Å². The van der Waals surface area contributed by atoms with Gasteiger partial charge in [-0.1, -0.05) is 12.1 Å². The summed E-state index contributed by atoms with van der Waals surface area (Å²) in [5.41, 5.74) is 1.86. The second-order valence-corrected chi connectivity index (χ2v) is 4.77. The number of methoxy groups -OCH3 is 1. The van der Waals surface area contributed by atoms with Crippen LogP contribution < -0.4 is 10.1 Å². The molecule has 1 aromatic carbocycles. The van der Waals surface area contributed by atoms with Gasteiger partial charge in [-0.05, 0) is 24.6 Å². The van der Waals surface area contributed by atoms with Crippen LogP contribution in [0.1, 0.15) is 27.7 Å². The first-order valence-corrected chi connectivity index (χ1v) is 6.31. The van der Waals surface area contributed by atoms with E-state index in [0.717, 1.165) is 11.3 Å². The first-order chi connectivity index (χ1) is 9.60. The molecule has 0 saturated heterocycles. The lowest BCUT2D eigenvalue weighted by molar-refractivity contribution is 0.0697. The van der Waals surface area contributed by atoms with Crippen LogP contribution in [0.25, 0.3) is 0 Å².